The lowest BCUT2D eigenvalue weighted by atomic mass is 10.2. The van der Waals surface area contributed by atoms with Crippen molar-refractivity contribution in [2.75, 3.05) is 26.2 Å². The molecule has 0 aromatic heterocycles. The van der Waals surface area contributed by atoms with Crippen LogP contribution in [0.4, 0.5) is 0 Å². The van der Waals surface area contributed by atoms with Crippen LogP contribution in [0, 0.1) is 5.92 Å². The first kappa shape index (κ1) is 8.97. The largest absolute Gasteiger partial charge is 0.390 e. The second-order valence-electron chi connectivity index (χ2n) is 3.54. The molecule has 1 aliphatic rings. The van der Waals surface area contributed by atoms with Gasteiger partial charge in [0.15, 0.2) is 0 Å². The van der Waals surface area contributed by atoms with E-state index in [0.29, 0.717) is 6.54 Å². The minimum absolute atomic E-state index is 0.333. The van der Waals surface area contributed by atoms with Crippen LogP contribution in [-0.4, -0.2) is 42.3 Å². The predicted octanol–water partition coefficient (Wildman–Crippen LogP) is -0.352. The summed E-state index contributed by atoms with van der Waals surface area (Å²) in [4.78, 5) is 2.28. The van der Waals surface area contributed by atoms with E-state index in [2.05, 4.69) is 11.8 Å². The Bertz CT molecular complexity index is 119. The summed E-state index contributed by atoms with van der Waals surface area (Å²) in [5.74, 6) is 0.792. The van der Waals surface area contributed by atoms with E-state index in [1.165, 1.54) is 6.42 Å². The van der Waals surface area contributed by atoms with E-state index < -0.39 is 0 Å². The second kappa shape index (κ2) is 4.04. The zero-order valence-corrected chi connectivity index (χ0v) is 7.16. The van der Waals surface area contributed by atoms with Crippen molar-refractivity contribution < 1.29 is 5.11 Å². The van der Waals surface area contributed by atoms with Gasteiger partial charge in [0, 0.05) is 19.6 Å². The fourth-order valence-corrected chi connectivity index (χ4v) is 1.56. The quantitative estimate of drug-likeness (QED) is 0.590. The fourth-order valence-electron chi connectivity index (χ4n) is 1.56. The third-order valence-corrected chi connectivity index (χ3v) is 2.25. The molecule has 0 bridgehead atoms. The molecule has 1 fully saturated rings. The van der Waals surface area contributed by atoms with E-state index in [0.717, 1.165) is 25.6 Å². The molecular formula is C8H18N2O. The Morgan fingerprint density at radius 1 is 1.73 bits per heavy atom. The van der Waals surface area contributed by atoms with Crippen LogP contribution in [-0.2, 0) is 0 Å². The molecule has 1 unspecified atom stereocenters. The summed E-state index contributed by atoms with van der Waals surface area (Å²) in [6.07, 6.45) is 0.928. The van der Waals surface area contributed by atoms with Crippen molar-refractivity contribution in [1.29, 1.82) is 0 Å². The Hall–Kier alpha value is -0.120. The van der Waals surface area contributed by atoms with Gasteiger partial charge < -0.3 is 15.7 Å². The molecule has 1 aliphatic heterocycles. The molecule has 11 heavy (non-hydrogen) atoms. The number of aliphatic hydroxyl groups excluding tert-OH is 1. The second-order valence-corrected chi connectivity index (χ2v) is 3.54. The van der Waals surface area contributed by atoms with Gasteiger partial charge in [0.2, 0.25) is 0 Å². The maximum Gasteiger partial charge on any atom is 0.0789 e. The van der Waals surface area contributed by atoms with Crippen molar-refractivity contribution in [1.82, 2.24) is 4.90 Å². The van der Waals surface area contributed by atoms with Crippen LogP contribution in [0.2, 0.25) is 0 Å². The van der Waals surface area contributed by atoms with E-state index in [4.69, 9.17) is 5.73 Å². The standard InChI is InChI=1S/C8H18N2O/c1-7-2-3-10(5-7)6-8(11)4-9/h7-8,11H,2-6,9H2,1H3/t7?,8-/m0/s1. The fraction of sp³-hybridized carbons (Fsp3) is 1.00. The maximum atomic E-state index is 9.24. The molecule has 66 valence electrons. The first-order chi connectivity index (χ1) is 5.22. The van der Waals surface area contributed by atoms with Gasteiger partial charge in [-0.25, -0.2) is 0 Å². The number of likely N-dealkylation sites (tertiary alicyclic amines) is 1. The monoisotopic (exact) mass is 158 g/mol. The van der Waals surface area contributed by atoms with E-state index in [1.807, 2.05) is 0 Å². The molecule has 0 aromatic rings. The number of nitrogens with zero attached hydrogens (tertiary/aromatic N) is 1. The van der Waals surface area contributed by atoms with Gasteiger partial charge in [-0.1, -0.05) is 6.92 Å². The van der Waals surface area contributed by atoms with Crippen LogP contribution >= 0.6 is 0 Å². The third kappa shape index (κ3) is 2.77. The molecule has 0 spiro atoms. The maximum absolute atomic E-state index is 9.24. The van der Waals surface area contributed by atoms with Crippen LogP contribution in [0.5, 0.6) is 0 Å². The molecule has 0 aromatic carbocycles. The lowest BCUT2D eigenvalue weighted by Crippen LogP contribution is -2.35. The van der Waals surface area contributed by atoms with Gasteiger partial charge in [-0.3, -0.25) is 0 Å². The minimum Gasteiger partial charge on any atom is -0.390 e. The molecule has 0 amide bonds. The average Bonchev–Trinajstić information content (AvgIpc) is 2.35. The molecule has 1 saturated heterocycles. The zero-order valence-electron chi connectivity index (χ0n) is 7.16. The van der Waals surface area contributed by atoms with Crippen LogP contribution in [0.3, 0.4) is 0 Å². The lowest BCUT2D eigenvalue weighted by Gasteiger charge is -2.18. The van der Waals surface area contributed by atoms with E-state index in [1.54, 1.807) is 0 Å². The number of hydrogen-bond donors (Lipinski definition) is 2. The normalized spacial score (nSPS) is 29.2. The molecule has 0 saturated carbocycles. The summed E-state index contributed by atoms with van der Waals surface area (Å²) in [6, 6.07) is 0. The van der Waals surface area contributed by atoms with Crippen LogP contribution in [0.1, 0.15) is 13.3 Å². The number of β-amino-alcohol motifs (C(OH)–C–C–N with tert-alkyl or cyclic N) is 1. The van der Waals surface area contributed by atoms with E-state index in [-0.39, 0.29) is 6.10 Å². The Balaban J connectivity index is 2.17. The van der Waals surface area contributed by atoms with Crippen molar-refractivity contribution in [2.24, 2.45) is 11.7 Å². The Kier molecular flexibility index (Phi) is 3.30. The molecule has 3 nitrogen and oxygen atoms in total. The van der Waals surface area contributed by atoms with Crippen molar-refractivity contribution in [3.8, 4) is 0 Å². The smallest absolute Gasteiger partial charge is 0.0789 e. The third-order valence-electron chi connectivity index (χ3n) is 2.25. The highest BCUT2D eigenvalue weighted by molar-refractivity contribution is 4.74. The van der Waals surface area contributed by atoms with Crippen LogP contribution < -0.4 is 5.73 Å². The molecule has 3 heteroatoms. The topological polar surface area (TPSA) is 49.5 Å². The van der Waals surface area contributed by atoms with Crippen molar-refractivity contribution in [2.45, 2.75) is 19.4 Å². The van der Waals surface area contributed by atoms with Crippen LogP contribution in [0.25, 0.3) is 0 Å². The summed E-state index contributed by atoms with van der Waals surface area (Å²) >= 11 is 0. The van der Waals surface area contributed by atoms with Gasteiger partial charge >= 0.3 is 0 Å². The molecule has 0 aliphatic carbocycles. The van der Waals surface area contributed by atoms with E-state index in [9.17, 15) is 5.11 Å². The average molecular weight is 158 g/mol. The minimum atomic E-state index is -0.333. The number of rotatable bonds is 3. The summed E-state index contributed by atoms with van der Waals surface area (Å²) in [5, 5.41) is 9.24. The van der Waals surface area contributed by atoms with E-state index >= 15 is 0 Å². The van der Waals surface area contributed by atoms with Crippen molar-refractivity contribution in [3.63, 3.8) is 0 Å². The first-order valence-electron chi connectivity index (χ1n) is 4.33. The van der Waals surface area contributed by atoms with Crippen molar-refractivity contribution >= 4 is 0 Å². The Morgan fingerprint density at radius 3 is 2.91 bits per heavy atom. The zero-order chi connectivity index (χ0) is 8.27. The number of hydrogen-bond acceptors (Lipinski definition) is 3. The van der Waals surface area contributed by atoms with Gasteiger partial charge in [0.1, 0.15) is 0 Å². The predicted molar refractivity (Wildman–Crippen MR) is 45.3 cm³/mol. The first-order valence-corrected chi connectivity index (χ1v) is 4.33. The SMILES string of the molecule is CC1CCN(C[C@@H](O)CN)C1. The van der Waals surface area contributed by atoms with Crippen molar-refractivity contribution in [3.05, 3.63) is 0 Å². The molecule has 1 heterocycles. The number of aliphatic hydroxyl groups is 1. The van der Waals surface area contributed by atoms with Gasteiger partial charge in [-0.2, -0.15) is 0 Å². The summed E-state index contributed by atoms with van der Waals surface area (Å²) in [7, 11) is 0. The summed E-state index contributed by atoms with van der Waals surface area (Å²) in [6.45, 7) is 5.62. The van der Waals surface area contributed by atoms with Crippen LogP contribution in [0.15, 0.2) is 0 Å². The van der Waals surface area contributed by atoms with Gasteiger partial charge in [-0.05, 0) is 18.9 Å². The highest BCUT2D eigenvalue weighted by atomic mass is 16.3. The highest BCUT2D eigenvalue weighted by Crippen LogP contribution is 2.14. The molecule has 3 N–H and O–H groups in total. The molecule has 0 radical (unpaired) electrons. The molecule has 2 atom stereocenters. The molecular weight excluding hydrogens is 140 g/mol. The van der Waals surface area contributed by atoms with Gasteiger partial charge in [0.05, 0.1) is 6.10 Å². The van der Waals surface area contributed by atoms with Gasteiger partial charge in [-0.15, -0.1) is 0 Å². The Morgan fingerprint density at radius 2 is 2.45 bits per heavy atom. The summed E-state index contributed by atoms with van der Waals surface area (Å²) in [5.41, 5.74) is 5.31. The number of nitrogens with two attached hydrogens (primary N) is 1. The molecule has 1 rings (SSSR count). The summed E-state index contributed by atoms with van der Waals surface area (Å²) < 4.78 is 0. The lowest BCUT2D eigenvalue weighted by molar-refractivity contribution is 0.130. The Labute approximate surface area is 68.2 Å². The van der Waals surface area contributed by atoms with Gasteiger partial charge in [0.25, 0.3) is 0 Å². The highest BCUT2D eigenvalue weighted by Gasteiger charge is 2.19.